The maximum Gasteiger partial charge on any atom is 0.240 e. The highest BCUT2D eigenvalue weighted by Crippen LogP contribution is 2.15. The summed E-state index contributed by atoms with van der Waals surface area (Å²) in [7, 11) is 0. The molecule has 1 aromatic carbocycles. The topological polar surface area (TPSA) is 58.4 Å². The molecule has 0 fully saturated rings. The van der Waals surface area contributed by atoms with Gasteiger partial charge in [0.15, 0.2) is 0 Å². The highest BCUT2D eigenvalue weighted by atomic mass is 19.1. The van der Waals surface area contributed by atoms with Gasteiger partial charge in [-0.15, -0.1) is 0 Å². The molecular formula is C15H17F2N3O2. The third-order valence-corrected chi connectivity index (χ3v) is 3.15. The molecule has 2 aromatic rings. The SMILES string of the molecule is CCN(CC(=O)Nc1cc(C)no1)Cc1c(F)cccc1F. The lowest BCUT2D eigenvalue weighted by Gasteiger charge is -2.20. The van der Waals surface area contributed by atoms with E-state index in [-0.39, 0.29) is 30.4 Å². The molecule has 5 nitrogen and oxygen atoms in total. The second kappa shape index (κ2) is 7.13. The summed E-state index contributed by atoms with van der Waals surface area (Å²) in [5.41, 5.74) is 0.601. The van der Waals surface area contributed by atoms with E-state index in [0.29, 0.717) is 12.2 Å². The van der Waals surface area contributed by atoms with Gasteiger partial charge in [-0.2, -0.15) is 0 Å². The molecule has 0 atom stereocenters. The van der Waals surface area contributed by atoms with E-state index in [9.17, 15) is 13.6 Å². The lowest BCUT2D eigenvalue weighted by atomic mass is 10.2. The van der Waals surface area contributed by atoms with E-state index >= 15 is 0 Å². The summed E-state index contributed by atoms with van der Waals surface area (Å²) < 4.78 is 32.2. The molecule has 0 saturated heterocycles. The number of rotatable bonds is 6. The van der Waals surface area contributed by atoms with Gasteiger partial charge in [-0.3, -0.25) is 15.0 Å². The molecule has 7 heteroatoms. The number of carbonyl (C=O) groups is 1. The molecule has 1 heterocycles. The smallest absolute Gasteiger partial charge is 0.240 e. The summed E-state index contributed by atoms with van der Waals surface area (Å²) in [5, 5.41) is 6.20. The van der Waals surface area contributed by atoms with Crippen molar-refractivity contribution in [3.8, 4) is 0 Å². The van der Waals surface area contributed by atoms with Gasteiger partial charge in [-0.25, -0.2) is 8.78 Å². The van der Waals surface area contributed by atoms with E-state index in [1.165, 1.54) is 18.2 Å². The second-order valence-corrected chi connectivity index (χ2v) is 4.88. The molecule has 0 aliphatic carbocycles. The number of nitrogens with zero attached hydrogens (tertiary/aromatic N) is 2. The van der Waals surface area contributed by atoms with Crippen molar-refractivity contribution in [1.29, 1.82) is 0 Å². The number of likely N-dealkylation sites (N-methyl/N-ethyl adjacent to an activating group) is 1. The summed E-state index contributed by atoms with van der Waals surface area (Å²) in [5.74, 6) is -1.33. The van der Waals surface area contributed by atoms with Gasteiger partial charge in [0.2, 0.25) is 11.8 Å². The van der Waals surface area contributed by atoms with Crippen molar-refractivity contribution in [2.75, 3.05) is 18.4 Å². The lowest BCUT2D eigenvalue weighted by Crippen LogP contribution is -2.33. The molecule has 0 aliphatic heterocycles. The number of halogens is 2. The zero-order valence-corrected chi connectivity index (χ0v) is 12.4. The number of benzene rings is 1. The molecular weight excluding hydrogens is 292 g/mol. The summed E-state index contributed by atoms with van der Waals surface area (Å²) in [6, 6.07) is 5.29. The minimum Gasteiger partial charge on any atom is -0.338 e. The molecule has 0 aliphatic rings. The second-order valence-electron chi connectivity index (χ2n) is 4.88. The molecule has 0 unspecified atom stereocenters. The molecule has 118 valence electrons. The summed E-state index contributed by atoms with van der Waals surface area (Å²) in [6.07, 6.45) is 0. The number of aryl methyl sites for hydroxylation is 1. The van der Waals surface area contributed by atoms with Crippen LogP contribution in [0.3, 0.4) is 0 Å². The van der Waals surface area contributed by atoms with E-state index in [1.54, 1.807) is 17.9 Å². The van der Waals surface area contributed by atoms with Crippen molar-refractivity contribution < 1.29 is 18.1 Å². The van der Waals surface area contributed by atoms with Crippen LogP contribution < -0.4 is 5.32 Å². The van der Waals surface area contributed by atoms with E-state index in [0.717, 1.165) is 0 Å². The van der Waals surface area contributed by atoms with Crippen LogP contribution in [0.25, 0.3) is 0 Å². The maximum atomic E-state index is 13.6. The van der Waals surface area contributed by atoms with E-state index in [1.807, 2.05) is 6.92 Å². The van der Waals surface area contributed by atoms with E-state index in [4.69, 9.17) is 4.52 Å². The van der Waals surface area contributed by atoms with Gasteiger partial charge in [0.05, 0.1) is 12.2 Å². The Hall–Kier alpha value is -2.28. The summed E-state index contributed by atoms with van der Waals surface area (Å²) >= 11 is 0. The zero-order valence-electron chi connectivity index (χ0n) is 12.4. The van der Waals surface area contributed by atoms with Gasteiger partial charge in [0.25, 0.3) is 0 Å². The van der Waals surface area contributed by atoms with Crippen molar-refractivity contribution in [2.45, 2.75) is 20.4 Å². The number of hydrogen-bond acceptors (Lipinski definition) is 4. The van der Waals surface area contributed by atoms with Crippen LogP contribution in [0.4, 0.5) is 14.7 Å². The number of amides is 1. The van der Waals surface area contributed by atoms with E-state index in [2.05, 4.69) is 10.5 Å². The van der Waals surface area contributed by atoms with Gasteiger partial charge in [0.1, 0.15) is 11.6 Å². The summed E-state index contributed by atoms with van der Waals surface area (Å²) in [6.45, 7) is 4.02. The maximum absolute atomic E-state index is 13.6. The minimum atomic E-state index is -0.621. The number of hydrogen-bond donors (Lipinski definition) is 1. The van der Waals surface area contributed by atoms with Crippen LogP contribution >= 0.6 is 0 Å². The van der Waals surface area contributed by atoms with Crippen LogP contribution in [0.15, 0.2) is 28.8 Å². The van der Waals surface area contributed by atoms with Crippen LogP contribution in [0.1, 0.15) is 18.2 Å². The van der Waals surface area contributed by atoms with Gasteiger partial charge in [-0.1, -0.05) is 18.1 Å². The van der Waals surface area contributed by atoms with Crippen LogP contribution in [-0.4, -0.2) is 29.1 Å². The number of carbonyl (C=O) groups excluding carboxylic acids is 1. The fraction of sp³-hybridized carbons (Fsp3) is 0.333. The molecule has 0 bridgehead atoms. The molecule has 22 heavy (non-hydrogen) atoms. The highest BCUT2D eigenvalue weighted by Gasteiger charge is 2.16. The zero-order chi connectivity index (χ0) is 16.1. The minimum absolute atomic E-state index is 0.00990. The molecule has 0 radical (unpaired) electrons. The third-order valence-electron chi connectivity index (χ3n) is 3.15. The first-order valence-corrected chi connectivity index (χ1v) is 6.88. The van der Waals surface area contributed by atoms with Gasteiger partial charge >= 0.3 is 0 Å². The molecule has 0 spiro atoms. The van der Waals surface area contributed by atoms with Crippen LogP contribution in [-0.2, 0) is 11.3 Å². The Labute approximate surface area is 126 Å². The first-order valence-electron chi connectivity index (χ1n) is 6.88. The summed E-state index contributed by atoms with van der Waals surface area (Å²) in [4.78, 5) is 13.5. The predicted octanol–water partition coefficient (Wildman–Crippen LogP) is 2.72. The largest absolute Gasteiger partial charge is 0.338 e. The van der Waals surface area contributed by atoms with Gasteiger partial charge < -0.3 is 4.52 Å². The molecule has 1 amide bonds. The van der Waals surface area contributed by atoms with E-state index < -0.39 is 11.6 Å². The Bertz CT molecular complexity index is 638. The van der Waals surface area contributed by atoms with Crippen molar-refractivity contribution in [3.05, 3.63) is 47.2 Å². The first-order chi connectivity index (χ1) is 10.5. The van der Waals surface area contributed by atoms with Gasteiger partial charge in [-0.05, 0) is 25.6 Å². The van der Waals surface area contributed by atoms with Gasteiger partial charge in [0, 0.05) is 18.2 Å². The monoisotopic (exact) mass is 309 g/mol. The Morgan fingerprint density at radius 2 is 2.05 bits per heavy atom. The molecule has 1 N–H and O–H groups in total. The fourth-order valence-corrected chi connectivity index (χ4v) is 1.99. The van der Waals surface area contributed by atoms with Crippen LogP contribution in [0.2, 0.25) is 0 Å². The molecule has 0 saturated carbocycles. The fourth-order valence-electron chi connectivity index (χ4n) is 1.99. The number of aromatic nitrogens is 1. The first kappa shape index (κ1) is 16.1. The van der Waals surface area contributed by atoms with Crippen molar-refractivity contribution in [1.82, 2.24) is 10.1 Å². The Morgan fingerprint density at radius 3 is 2.59 bits per heavy atom. The van der Waals surface area contributed by atoms with Crippen molar-refractivity contribution >= 4 is 11.8 Å². The predicted molar refractivity (Wildman–Crippen MR) is 77.2 cm³/mol. The standard InChI is InChI=1S/C15H17F2N3O2/c1-3-20(8-11-12(16)5-4-6-13(11)17)9-14(21)18-15-7-10(2)19-22-15/h4-7H,3,8-9H2,1-2H3,(H,18,21). The Balaban J connectivity index is 1.98. The number of anilines is 1. The number of nitrogens with one attached hydrogen (secondary N) is 1. The molecule has 2 rings (SSSR count). The third kappa shape index (κ3) is 4.11. The lowest BCUT2D eigenvalue weighted by molar-refractivity contribution is -0.117. The Kier molecular flexibility index (Phi) is 5.21. The van der Waals surface area contributed by atoms with Crippen molar-refractivity contribution in [3.63, 3.8) is 0 Å². The molecule has 1 aromatic heterocycles. The highest BCUT2D eigenvalue weighted by molar-refractivity contribution is 5.90. The average Bonchev–Trinajstić information content (AvgIpc) is 2.86. The van der Waals surface area contributed by atoms with Crippen molar-refractivity contribution in [2.24, 2.45) is 0 Å². The Morgan fingerprint density at radius 1 is 1.36 bits per heavy atom. The normalized spacial score (nSPS) is 11.0. The van der Waals surface area contributed by atoms with Crippen LogP contribution in [0.5, 0.6) is 0 Å². The van der Waals surface area contributed by atoms with Crippen LogP contribution in [0, 0.1) is 18.6 Å². The quantitative estimate of drug-likeness (QED) is 0.891. The average molecular weight is 309 g/mol.